The van der Waals surface area contributed by atoms with Crippen molar-refractivity contribution in [2.75, 3.05) is 6.54 Å². The van der Waals surface area contributed by atoms with Gasteiger partial charge in [-0.2, -0.15) is 0 Å². The Morgan fingerprint density at radius 1 is 1.25 bits per heavy atom. The van der Waals surface area contributed by atoms with Gasteiger partial charge in [0.2, 0.25) is 0 Å². The van der Waals surface area contributed by atoms with Gasteiger partial charge in [0.1, 0.15) is 6.10 Å². The molecule has 0 aromatic rings. The van der Waals surface area contributed by atoms with E-state index in [1.807, 2.05) is 6.92 Å². The maximum absolute atomic E-state index is 11.9. The number of carbonyl (C=O) groups is 1. The maximum Gasteiger partial charge on any atom is 0.309 e. The zero-order valence-corrected chi connectivity index (χ0v) is 10.7. The summed E-state index contributed by atoms with van der Waals surface area (Å²) in [4.78, 5) is 11.9. The molecule has 3 nitrogen and oxygen atoms in total. The first-order valence-electron chi connectivity index (χ1n) is 6.45. The van der Waals surface area contributed by atoms with E-state index in [9.17, 15) is 4.79 Å². The van der Waals surface area contributed by atoms with Crippen molar-refractivity contribution in [2.45, 2.75) is 52.6 Å². The molecule has 1 aliphatic rings. The van der Waals surface area contributed by atoms with Gasteiger partial charge in [0.05, 0.1) is 5.92 Å². The standard InChI is InChI=1S/C13H25NO2/c1-9(2)10(3)16-13(15)12-6-4-11(8-14)5-7-12/h9-12H,4-8,14H2,1-3H3. The van der Waals surface area contributed by atoms with Crippen LogP contribution in [0.3, 0.4) is 0 Å². The molecule has 0 aliphatic heterocycles. The smallest absolute Gasteiger partial charge is 0.309 e. The summed E-state index contributed by atoms with van der Waals surface area (Å²) in [6.07, 6.45) is 4.08. The first-order valence-corrected chi connectivity index (χ1v) is 6.45. The van der Waals surface area contributed by atoms with Crippen LogP contribution in [0.25, 0.3) is 0 Å². The molecule has 0 bridgehead atoms. The summed E-state index contributed by atoms with van der Waals surface area (Å²) in [7, 11) is 0. The van der Waals surface area contributed by atoms with Crippen molar-refractivity contribution in [2.24, 2.45) is 23.5 Å². The van der Waals surface area contributed by atoms with E-state index in [4.69, 9.17) is 10.5 Å². The van der Waals surface area contributed by atoms with Crippen LogP contribution in [0.1, 0.15) is 46.5 Å². The second-order valence-electron chi connectivity index (χ2n) is 5.34. The van der Waals surface area contributed by atoms with Crippen molar-refractivity contribution in [1.82, 2.24) is 0 Å². The lowest BCUT2D eigenvalue weighted by Crippen LogP contribution is -2.30. The molecular formula is C13H25NO2. The van der Waals surface area contributed by atoms with Crippen LogP contribution in [0, 0.1) is 17.8 Å². The molecule has 0 radical (unpaired) electrons. The van der Waals surface area contributed by atoms with E-state index >= 15 is 0 Å². The Hall–Kier alpha value is -0.570. The molecule has 0 saturated heterocycles. The monoisotopic (exact) mass is 227 g/mol. The minimum atomic E-state index is -0.00308. The van der Waals surface area contributed by atoms with Crippen LogP contribution in [-0.2, 0) is 9.53 Å². The molecule has 1 aliphatic carbocycles. The fourth-order valence-electron chi connectivity index (χ4n) is 2.05. The fourth-order valence-corrected chi connectivity index (χ4v) is 2.05. The minimum absolute atomic E-state index is 0.00308. The largest absolute Gasteiger partial charge is 0.462 e. The van der Waals surface area contributed by atoms with Crippen LogP contribution in [0.2, 0.25) is 0 Å². The lowest BCUT2D eigenvalue weighted by Gasteiger charge is -2.27. The molecular weight excluding hydrogens is 202 g/mol. The predicted octanol–water partition coefficient (Wildman–Crippen LogP) is 2.34. The Bertz CT molecular complexity index is 220. The Morgan fingerprint density at radius 3 is 2.25 bits per heavy atom. The number of nitrogens with two attached hydrogens (primary N) is 1. The SMILES string of the molecule is CC(C)C(C)OC(=O)C1CCC(CN)CC1. The van der Waals surface area contributed by atoms with Gasteiger partial charge in [-0.1, -0.05) is 13.8 Å². The molecule has 3 heteroatoms. The van der Waals surface area contributed by atoms with Gasteiger partial charge in [0.25, 0.3) is 0 Å². The second kappa shape index (κ2) is 6.24. The van der Waals surface area contributed by atoms with Gasteiger partial charge in [-0.15, -0.1) is 0 Å². The molecule has 1 saturated carbocycles. The van der Waals surface area contributed by atoms with Crippen molar-refractivity contribution in [1.29, 1.82) is 0 Å². The molecule has 1 fully saturated rings. The summed E-state index contributed by atoms with van der Waals surface area (Å²) in [6.45, 7) is 6.87. The summed E-state index contributed by atoms with van der Waals surface area (Å²) >= 11 is 0. The van der Waals surface area contributed by atoms with E-state index < -0.39 is 0 Å². The highest BCUT2D eigenvalue weighted by Crippen LogP contribution is 2.29. The molecule has 94 valence electrons. The Morgan fingerprint density at radius 2 is 1.81 bits per heavy atom. The first kappa shape index (κ1) is 13.5. The number of ether oxygens (including phenoxy) is 1. The van der Waals surface area contributed by atoms with E-state index in [0.29, 0.717) is 11.8 Å². The van der Waals surface area contributed by atoms with Crippen LogP contribution >= 0.6 is 0 Å². The Labute approximate surface area is 98.7 Å². The predicted molar refractivity (Wildman–Crippen MR) is 64.9 cm³/mol. The molecule has 1 unspecified atom stereocenters. The third-order valence-corrected chi connectivity index (χ3v) is 3.75. The maximum atomic E-state index is 11.9. The van der Waals surface area contributed by atoms with E-state index in [1.54, 1.807) is 0 Å². The van der Waals surface area contributed by atoms with E-state index in [0.717, 1.165) is 32.2 Å². The quantitative estimate of drug-likeness (QED) is 0.750. The van der Waals surface area contributed by atoms with E-state index in [2.05, 4.69) is 13.8 Å². The Kier molecular flexibility index (Phi) is 5.26. The average Bonchev–Trinajstić information content (AvgIpc) is 2.28. The van der Waals surface area contributed by atoms with Crippen molar-refractivity contribution in [3.8, 4) is 0 Å². The summed E-state index contributed by atoms with van der Waals surface area (Å²) in [5.41, 5.74) is 5.63. The minimum Gasteiger partial charge on any atom is -0.462 e. The number of rotatable bonds is 4. The zero-order chi connectivity index (χ0) is 12.1. The highest BCUT2D eigenvalue weighted by molar-refractivity contribution is 5.72. The molecule has 0 heterocycles. The molecule has 0 aromatic heterocycles. The second-order valence-corrected chi connectivity index (χ2v) is 5.34. The molecule has 16 heavy (non-hydrogen) atoms. The van der Waals surface area contributed by atoms with Crippen LogP contribution < -0.4 is 5.73 Å². The van der Waals surface area contributed by atoms with Crippen LogP contribution in [-0.4, -0.2) is 18.6 Å². The summed E-state index contributed by atoms with van der Waals surface area (Å²) in [5.74, 6) is 1.12. The Balaban J connectivity index is 2.33. The number of hydrogen-bond donors (Lipinski definition) is 1. The van der Waals surface area contributed by atoms with Crippen LogP contribution in [0.5, 0.6) is 0 Å². The first-order chi connectivity index (χ1) is 7.54. The fraction of sp³-hybridized carbons (Fsp3) is 0.923. The van der Waals surface area contributed by atoms with Crippen molar-refractivity contribution >= 4 is 5.97 Å². The highest BCUT2D eigenvalue weighted by atomic mass is 16.5. The number of hydrogen-bond acceptors (Lipinski definition) is 3. The van der Waals surface area contributed by atoms with Crippen molar-refractivity contribution in [3.05, 3.63) is 0 Å². The van der Waals surface area contributed by atoms with Crippen LogP contribution in [0.15, 0.2) is 0 Å². The molecule has 2 N–H and O–H groups in total. The molecule has 0 aromatic carbocycles. The lowest BCUT2D eigenvalue weighted by molar-refractivity contribution is -0.156. The van der Waals surface area contributed by atoms with Gasteiger partial charge in [0.15, 0.2) is 0 Å². The molecule has 0 spiro atoms. The summed E-state index contributed by atoms with van der Waals surface area (Å²) in [5, 5.41) is 0. The van der Waals surface area contributed by atoms with Gasteiger partial charge in [-0.05, 0) is 51.0 Å². The summed E-state index contributed by atoms with van der Waals surface area (Å²) in [6, 6.07) is 0. The van der Waals surface area contributed by atoms with Gasteiger partial charge in [-0.25, -0.2) is 0 Å². The lowest BCUT2D eigenvalue weighted by atomic mass is 9.82. The molecule has 1 rings (SSSR count). The zero-order valence-electron chi connectivity index (χ0n) is 10.7. The third kappa shape index (κ3) is 3.78. The topological polar surface area (TPSA) is 52.3 Å². The van der Waals surface area contributed by atoms with E-state index in [1.165, 1.54) is 0 Å². The third-order valence-electron chi connectivity index (χ3n) is 3.75. The van der Waals surface area contributed by atoms with E-state index in [-0.39, 0.29) is 18.0 Å². The summed E-state index contributed by atoms with van der Waals surface area (Å²) < 4.78 is 5.45. The number of carbonyl (C=O) groups excluding carboxylic acids is 1. The number of esters is 1. The average molecular weight is 227 g/mol. The van der Waals surface area contributed by atoms with Gasteiger partial charge in [-0.3, -0.25) is 4.79 Å². The van der Waals surface area contributed by atoms with Crippen molar-refractivity contribution < 1.29 is 9.53 Å². The molecule has 0 amide bonds. The normalized spacial score (nSPS) is 27.8. The van der Waals surface area contributed by atoms with Crippen molar-refractivity contribution in [3.63, 3.8) is 0 Å². The van der Waals surface area contributed by atoms with Gasteiger partial charge in [0, 0.05) is 0 Å². The van der Waals surface area contributed by atoms with Gasteiger partial charge >= 0.3 is 5.97 Å². The highest BCUT2D eigenvalue weighted by Gasteiger charge is 2.28. The van der Waals surface area contributed by atoms with Gasteiger partial charge < -0.3 is 10.5 Å². The molecule has 1 atom stereocenters. The van der Waals surface area contributed by atoms with Crippen LogP contribution in [0.4, 0.5) is 0 Å².